The molecule has 1 aromatic carbocycles. The van der Waals surface area contributed by atoms with Gasteiger partial charge in [0.2, 0.25) is 0 Å². The third-order valence-corrected chi connectivity index (χ3v) is 4.68. The monoisotopic (exact) mass is 369 g/mol. The summed E-state index contributed by atoms with van der Waals surface area (Å²) in [5, 5.41) is 1.98. The summed E-state index contributed by atoms with van der Waals surface area (Å²) in [6, 6.07) is 10.5. The maximum Gasteiger partial charge on any atom is 0.123 e. The van der Waals surface area contributed by atoms with Gasteiger partial charge in [-0.3, -0.25) is 9.99 Å². The van der Waals surface area contributed by atoms with Crippen molar-refractivity contribution in [3.8, 4) is 0 Å². The van der Waals surface area contributed by atoms with Crippen molar-refractivity contribution in [3.63, 3.8) is 0 Å². The van der Waals surface area contributed by atoms with E-state index in [1.165, 1.54) is 12.1 Å². The maximum absolute atomic E-state index is 13.4. The van der Waals surface area contributed by atoms with Gasteiger partial charge in [-0.15, -0.1) is 0 Å². The number of fused-ring (bicyclic) bond motifs is 1. The lowest BCUT2D eigenvalue weighted by atomic mass is 9.84. The minimum Gasteiger partial charge on any atom is -0.269 e. The number of hydrogen-bond acceptors (Lipinski definition) is 3. The van der Waals surface area contributed by atoms with Crippen molar-refractivity contribution in [2.75, 3.05) is 0 Å². The number of hydrazine groups is 1. The van der Waals surface area contributed by atoms with Crippen LogP contribution < -0.4 is 5.43 Å². The highest BCUT2D eigenvalue weighted by molar-refractivity contribution is 9.11. The molecular weight excluding hydrogens is 357 g/mol. The predicted molar refractivity (Wildman–Crippen MR) is 90.6 cm³/mol. The summed E-state index contributed by atoms with van der Waals surface area (Å²) < 4.78 is 14.3. The lowest BCUT2D eigenvalue weighted by Crippen LogP contribution is -2.44. The largest absolute Gasteiger partial charge is 0.269 e. The van der Waals surface area contributed by atoms with Gasteiger partial charge in [0.1, 0.15) is 16.0 Å². The van der Waals surface area contributed by atoms with Crippen molar-refractivity contribution >= 4 is 15.9 Å². The second-order valence-corrected chi connectivity index (χ2v) is 6.23. The summed E-state index contributed by atoms with van der Waals surface area (Å²) in [6.45, 7) is 0. The zero-order valence-corrected chi connectivity index (χ0v) is 13.7. The van der Waals surface area contributed by atoms with E-state index in [-0.39, 0.29) is 5.82 Å². The molecule has 3 heterocycles. The molecule has 2 aliphatic rings. The number of halogens is 2. The number of nitrogens with one attached hydrogen (secondary N) is 1. The highest BCUT2D eigenvalue weighted by atomic mass is 79.9. The van der Waals surface area contributed by atoms with E-state index in [2.05, 4.69) is 32.4 Å². The van der Waals surface area contributed by atoms with Gasteiger partial charge >= 0.3 is 0 Å². The first-order valence-corrected chi connectivity index (χ1v) is 7.99. The van der Waals surface area contributed by atoms with E-state index >= 15 is 0 Å². The summed E-state index contributed by atoms with van der Waals surface area (Å²) in [5.41, 5.74) is 5.98. The van der Waals surface area contributed by atoms with Crippen LogP contribution in [0.4, 0.5) is 4.39 Å². The Kier molecular flexibility index (Phi) is 3.39. The topological polar surface area (TPSA) is 28.2 Å². The van der Waals surface area contributed by atoms with Gasteiger partial charge in [0.05, 0.1) is 5.70 Å². The Morgan fingerprint density at radius 1 is 1.04 bits per heavy atom. The summed E-state index contributed by atoms with van der Waals surface area (Å²) in [6.07, 6.45) is 11.7. The first-order valence-electron chi connectivity index (χ1n) is 7.20. The van der Waals surface area contributed by atoms with Crippen molar-refractivity contribution in [3.05, 3.63) is 100 Å². The zero-order valence-electron chi connectivity index (χ0n) is 12.1. The average molecular weight is 370 g/mol. The SMILES string of the molecule is Fc1ccc(C2(c3ccncc3)C=C3C=CC=C(Br)N3N2)cc1. The van der Waals surface area contributed by atoms with Gasteiger partial charge < -0.3 is 0 Å². The molecule has 0 fully saturated rings. The van der Waals surface area contributed by atoms with Crippen molar-refractivity contribution in [2.24, 2.45) is 0 Å². The van der Waals surface area contributed by atoms with E-state index in [0.717, 1.165) is 21.4 Å². The van der Waals surface area contributed by atoms with E-state index in [0.29, 0.717) is 0 Å². The van der Waals surface area contributed by atoms with E-state index in [1.54, 1.807) is 24.5 Å². The third kappa shape index (κ3) is 2.33. The second kappa shape index (κ2) is 5.44. The molecule has 0 amide bonds. The fourth-order valence-electron chi connectivity index (χ4n) is 2.95. The Labute approximate surface area is 141 Å². The van der Waals surface area contributed by atoms with Gasteiger partial charge in [-0.1, -0.05) is 18.2 Å². The smallest absolute Gasteiger partial charge is 0.123 e. The lowest BCUT2D eigenvalue weighted by molar-refractivity contribution is 0.297. The number of aromatic nitrogens is 1. The Bertz CT molecular complexity index is 827. The fourth-order valence-corrected chi connectivity index (χ4v) is 3.40. The van der Waals surface area contributed by atoms with Crippen LogP contribution in [-0.2, 0) is 5.54 Å². The molecule has 0 spiro atoms. The second-order valence-electron chi connectivity index (χ2n) is 5.42. The maximum atomic E-state index is 13.4. The molecule has 0 radical (unpaired) electrons. The highest BCUT2D eigenvalue weighted by Crippen LogP contribution is 2.40. The molecule has 3 nitrogen and oxygen atoms in total. The zero-order chi connectivity index (χ0) is 15.9. The minimum absolute atomic E-state index is 0.247. The molecule has 1 atom stereocenters. The van der Waals surface area contributed by atoms with Crippen LogP contribution in [0.15, 0.2) is 83.4 Å². The van der Waals surface area contributed by atoms with Crippen LogP contribution in [0.3, 0.4) is 0 Å². The van der Waals surface area contributed by atoms with Gasteiger partial charge in [-0.05, 0) is 69.6 Å². The molecule has 0 aliphatic carbocycles. The predicted octanol–water partition coefficient (Wildman–Crippen LogP) is 3.97. The van der Waals surface area contributed by atoms with Crippen molar-refractivity contribution in [2.45, 2.75) is 5.54 Å². The molecule has 1 aromatic heterocycles. The number of nitrogens with zero attached hydrogens (tertiary/aromatic N) is 2. The standard InChI is InChI=1S/C18H13BrFN3/c19-17-3-1-2-16-12-18(22-23(16)17,14-8-10-21-11-9-14)13-4-6-15(20)7-5-13/h1-12,22H. The lowest BCUT2D eigenvalue weighted by Gasteiger charge is -2.32. The van der Waals surface area contributed by atoms with Crippen LogP contribution in [0.5, 0.6) is 0 Å². The number of hydrogen-bond donors (Lipinski definition) is 1. The minimum atomic E-state index is -0.576. The Balaban J connectivity index is 1.91. The molecule has 4 rings (SSSR count). The molecule has 5 heteroatoms. The molecule has 1 N–H and O–H groups in total. The summed E-state index contributed by atoms with van der Waals surface area (Å²) >= 11 is 3.56. The number of allylic oxidation sites excluding steroid dienone is 3. The Morgan fingerprint density at radius 2 is 1.74 bits per heavy atom. The van der Waals surface area contributed by atoms with Crippen molar-refractivity contribution < 1.29 is 4.39 Å². The highest BCUT2D eigenvalue weighted by Gasteiger charge is 2.41. The molecule has 0 saturated carbocycles. The van der Waals surface area contributed by atoms with Crippen LogP contribution in [0.25, 0.3) is 0 Å². The van der Waals surface area contributed by atoms with E-state index < -0.39 is 5.54 Å². The van der Waals surface area contributed by atoms with E-state index in [1.807, 2.05) is 35.4 Å². The molecule has 1 unspecified atom stereocenters. The molecular formula is C18H13BrFN3. The normalized spacial score (nSPS) is 22.6. The first-order chi connectivity index (χ1) is 11.2. The van der Waals surface area contributed by atoms with Crippen molar-refractivity contribution in [1.29, 1.82) is 0 Å². The molecule has 0 bridgehead atoms. The third-order valence-electron chi connectivity index (χ3n) is 4.06. The molecule has 2 aromatic rings. The van der Waals surface area contributed by atoms with Crippen LogP contribution >= 0.6 is 15.9 Å². The van der Waals surface area contributed by atoms with Crippen molar-refractivity contribution in [1.82, 2.24) is 15.4 Å². The van der Waals surface area contributed by atoms with Gasteiger partial charge in [0.15, 0.2) is 0 Å². The molecule has 2 aliphatic heterocycles. The molecule has 114 valence electrons. The Morgan fingerprint density at radius 3 is 2.43 bits per heavy atom. The first kappa shape index (κ1) is 14.4. The number of benzene rings is 1. The van der Waals surface area contributed by atoms with Gasteiger partial charge in [0, 0.05) is 12.4 Å². The quantitative estimate of drug-likeness (QED) is 0.811. The summed E-state index contributed by atoms with van der Waals surface area (Å²) in [5.74, 6) is -0.247. The number of rotatable bonds is 2. The molecule has 0 saturated heterocycles. The van der Waals surface area contributed by atoms with Crippen LogP contribution in [0.2, 0.25) is 0 Å². The van der Waals surface area contributed by atoms with Crippen LogP contribution in [0.1, 0.15) is 11.1 Å². The summed E-state index contributed by atoms with van der Waals surface area (Å²) in [7, 11) is 0. The fraction of sp³-hybridized carbons (Fsp3) is 0.0556. The van der Waals surface area contributed by atoms with E-state index in [9.17, 15) is 4.39 Å². The van der Waals surface area contributed by atoms with Crippen LogP contribution in [-0.4, -0.2) is 9.99 Å². The van der Waals surface area contributed by atoms with Gasteiger partial charge in [0.25, 0.3) is 0 Å². The van der Waals surface area contributed by atoms with E-state index in [4.69, 9.17) is 0 Å². The molecule has 23 heavy (non-hydrogen) atoms. The summed E-state index contributed by atoms with van der Waals surface area (Å²) in [4.78, 5) is 4.10. The average Bonchev–Trinajstić information content (AvgIpc) is 2.99. The van der Waals surface area contributed by atoms with Crippen LogP contribution in [0, 0.1) is 5.82 Å². The Hall–Kier alpha value is -2.24. The number of pyridine rings is 1. The van der Waals surface area contributed by atoms with Gasteiger partial charge in [-0.25, -0.2) is 9.82 Å². The van der Waals surface area contributed by atoms with Gasteiger partial charge in [-0.2, -0.15) is 0 Å².